The van der Waals surface area contributed by atoms with Crippen LogP contribution >= 0.6 is 11.6 Å². The van der Waals surface area contributed by atoms with Gasteiger partial charge in [-0.05, 0) is 24.6 Å². The van der Waals surface area contributed by atoms with Crippen LogP contribution in [0.25, 0.3) is 0 Å². The van der Waals surface area contributed by atoms with Crippen LogP contribution in [-0.4, -0.2) is 12.5 Å². The van der Waals surface area contributed by atoms with Crippen LogP contribution in [0.2, 0.25) is 5.02 Å². The maximum atomic E-state index is 11.0. The molecule has 0 aromatic heterocycles. The van der Waals surface area contributed by atoms with Gasteiger partial charge in [0.15, 0.2) is 0 Å². The van der Waals surface area contributed by atoms with Crippen molar-refractivity contribution in [3.8, 4) is 0 Å². The Balaban J connectivity index is 2.53. The van der Waals surface area contributed by atoms with E-state index in [2.05, 4.69) is 10.6 Å². The zero-order valence-electron chi connectivity index (χ0n) is 7.15. The fourth-order valence-electron chi connectivity index (χ4n) is 1.38. The van der Waals surface area contributed by atoms with Crippen LogP contribution in [0.4, 0.5) is 11.4 Å². The van der Waals surface area contributed by atoms with Crippen molar-refractivity contribution in [3.63, 3.8) is 0 Å². The maximum absolute atomic E-state index is 11.0. The maximum Gasteiger partial charge on any atom is 0.243 e. The number of rotatable bonds is 0. The first kappa shape index (κ1) is 8.38. The largest absolute Gasteiger partial charge is 0.373 e. The number of halogens is 1. The lowest BCUT2D eigenvalue weighted by Crippen LogP contribution is -2.27. The van der Waals surface area contributed by atoms with E-state index in [-0.39, 0.29) is 12.5 Å². The van der Waals surface area contributed by atoms with Gasteiger partial charge in [0, 0.05) is 0 Å². The summed E-state index contributed by atoms with van der Waals surface area (Å²) >= 11 is 5.98. The molecule has 0 unspecified atom stereocenters. The van der Waals surface area contributed by atoms with Gasteiger partial charge in [0.25, 0.3) is 0 Å². The van der Waals surface area contributed by atoms with Crippen LogP contribution in [0, 0.1) is 6.92 Å². The van der Waals surface area contributed by atoms with E-state index in [9.17, 15) is 4.79 Å². The number of aryl methyl sites for hydroxylation is 1. The van der Waals surface area contributed by atoms with Gasteiger partial charge in [0.2, 0.25) is 5.91 Å². The van der Waals surface area contributed by atoms with Crippen molar-refractivity contribution in [3.05, 3.63) is 22.7 Å². The summed E-state index contributed by atoms with van der Waals surface area (Å²) in [5.41, 5.74) is 2.61. The number of benzene rings is 1. The molecule has 3 nitrogen and oxygen atoms in total. The highest BCUT2D eigenvalue weighted by molar-refractivity contribution is 6.34. The Morgan fingerprint density at radius 2 is 2.23 bits per heavy atom. The monoisotopic (exact) mass is 196 g/mol. The second-order valence-electron chi connectivity index (χ2n) is 3.07. The first-order chi connectivity index (χ1) is 6.16. The minimum Gasteiger partial charge on any atom is -0.373 e. The highest BCUT2D eigenvalue weighted by atomic mass is 35.5. The van der Waals surface area contributed by atoms with Crippen LogP contribution in [0.3, 0.4) is 0 Å². The Morgan fingerprint density at radius 1 is 1.46 bits per heavy atom. The van der Waals surface area contributed by atoms with Crippen molar-refractivity contribution in [2.75, 3.05) is 17.2 Å². The third-order valence-electron chi connectivity index (χ3n) is 1.93. The van der Waals surface area contributed by atoms with Crippen molar-refractivity contribution in [1.82, 2.24) is 0 Å². The molecule has 1 amide bonds. The second kappa shape index (κ2) is 2.92. The summed E-state index contributed by atoms with van der Waals surface area (Å²) in [5.74, 6) is -0.0332. The highest BCUT2D eigenvalue weighted by Crippen LogP contribution is 2.33. The van der Waals surface area contributed by atoms with Gasteiger partial charge in [-0.15, -0.1) is 0 Å². The van der Waals surface area contributed by atoms with Gasteiger partial charge in [-0.1, -0.05) is 11.6 Å². The molecule has 1 aromatic rings. The quantitative estimate of drug-likeness (QED) is 0.667. The van der Waals surface area contributed by atoms with E-state index in [1.807, 2.05) is 19.1 Å². The normalized spacial score (nSPS) is 14.5. The number of anilines is 2. The summed E-state index contributed by atoms with van der Waals surface area (Å²) in [6.07, 6.45) is 0. The molecular weight excluding hydrogens is 188 g/mol. The van der Waals surface area contributed by atoms with E-state index in [1.165, 1.54) is 0 Å². The first-order valence-corrected chi connectivity index (χ1v) is 4.38. The molecule has 0 radical (unpaired) electrons. The molecule has 1 heterocycles. The van der Waals surface area contributed by atoms with Gasteiger partial charge in [-0.3, -0.25) is 4.79 Å². The summed E-state index contributed by atoms with van der Waals surface area (Å²) < 4.78 is 0. The number of hydrogen-bond acceptors (Lipinski definition) is 2. The predicted octanol–water partition coefficient (Wildman–Crippen LogP) is 2.01. The molecule has 0 aliphatic carbocycles. The molecule has 2 N–H and O–H groups in total. The molecule has 0 spiro atoms. The summed E-state index contributed by atoms with van der Waals surface area (Å²) in [6, 6.07) is 3.76. The van der Waals surface area contributed by atoms with Crippen LogP contribution < -0.4 is 10.6 Å². The zero-order chi connectivity index (χ0) is 9.42. The first-order valence-electron chi connectivity index (χ1n) is 4.00. The lowest BCUT2D eigenvalue weighted by Gasteiger charge is -2.20. The molecule has 13 heavy (non-hydrogen) atoms. The number of amides is 1. The standard InChI is InChI=1S/C9H9ClN2O/c1-5-2-6(10)9-7(3-5)12-8(13)4-11-9/h2-3,11H,4H2,1H3,(H,12,13). The van der Waals surface area contributed by atoms with Gasteiger partial charge < -0.3 is 10.6 Å². The Kier molecular flexibility index (Phi) is 1.88. The van der Waals surface area contributed by atoms with Crippen molar-refractivity contribution in [2.24, 2.45) is 0 Å². The molecule has 0 fully saturated rings. The van der Waals surface area contributed by atoms with Gasteiger partial charge in [-0.25, -0.2) is 0 Å². The van der Waals surface area contributed by atoms with E-state index < -0.39 is 0 Å². The smallest absolute Gasteiger partial charge is 0.243 e. The van der Waals surface area contributed by atoms with Gasteiger partial charge in [0.05, 0.1) is 22.9 Å². The number of carbonyl (C=O) groups is 1. The number of hydrogen-bond donors (Lipinski definition) is 2. The second-order valence-corrected chi connectivity index (χ2v) is 3.48. The van der Waals surface area contributed by atoms with Crippen LogP contribution in [-0.2, 0) is 4.79 Å². The summed E-state index contributed by atoms with van der Waals surface area (Å²) in [5, 5.41) is 6.37. The minimum atomic E-state index is -0.0332. The Morgan fingerprint density at radius 3 is 3.00 bits per heavy atom. The summed E-state index contributed by atoms with van der Waals surface area (Å²) in [7, 11) is 0. The van der Waals surface area contributed by atoms with Crippen LogP contribution in [0.1, 0.15) is 5.56 Å². The van der Waals surface area contributed by atoms with E-state index in [4.69, 9.17) is 11.6 Å². The van der Waals surface area contributed by atoms with Crippen molar-refractivity contribution >= 4 is 28.9 Å². The van der Waals surface area contributed by atoms with Gasteiger partial charge in [-0.2, -0.15) is 0 Å². The molecule has 0 saturated heterocycles. The third kappa shape index (κ3) is 1.47. The van der Waals surface area contributed by atoms with Crippen molar-refractivity contribution < 1.29 is 4.79 Å². The fourth-order valence-corrected chi connectivity index (χ4v) is 1.72. The minimum absolute atomic E-state index is 0.0332. The van der Waals surface area contributed by atoms with Gasteiger partial charge in [0.1, 0.15) is 0 Å². The molecule has 68 valence electrons. The summed E-state index contributed by atoms with van der Waals surface area (Å²) in [4.78, 5) is 11.0. The average molecular weight is 197 g/mol. The van der Waals surface area contributed by atoms with Gasteiger partial charge >= 0.3 is 0 Å². The van der Waals surface area contributed by atoms with E-state index >= 15 is 0 Å². The highest BCUT2D eigenvalue weighted by Gasteiger charge is 2.16. The average Bonchev–Trinajstić information content (AvgIpc) is 2.02. The molecule has 0 bridgehead atoms. The van der Waals surface area contributed by atoms with E-state index in [0.29, 0.717) is 5.02 Å². The van der Waals surface area contributed by atoms with Crippen LogP contribution in [0.15, 0.2) is 12.1 Å². The number of fused-ring (bicyclic) bond motifs is 1. The molecule has 0 atom stereocenters. The topological polar surface area (TPSA) is 41.1 Å². The molecule has 1 aliphatic rings. The third-order valence-corrected chi connectivity index (χ3v) is 2.23. The zero-order valence-corrected chi connectivity index (χ0v) is 7.90. The molecule has 4 heteroatoms. The molecule has 0 saturated carbocycles. The SMILES string of the molecule is Cc1cc(Cl)c2c(c1)NC(=O)CN2. The Hall–Kier alpha value is -1.22. The van der Waals surface area contributed by atoms with Crippen molar-refractivity contribution in [2.45, 2.75) is 6.92 Å². The van der Waals surface area contributed by atoms with E-state index in [0.717, 1.165) is 16.9 Å². The molecule has 1 aromatic carbocycles. The molecule has 2 rings (SSSR count). The predicted molar refractivity (Wildman–Crippen MR) is 53.3 cm³/mol. The fraction of sp³-hybridized carbons (Fsp3) is 0.222. The van der Waals surface area contributed by atoms with Crippen LogP contribution in [0.5, 0.6) is 0 Å². The Bertz CT molecular complexity index is 376. The van der Waals surface area contributed by atoms with E-state index in [1.54, 1.807) is 0 Å². The lowest BCUT2D eigenvalue weighted by molar-refractivity contribution is -0.114. The lowest BCUT2D eigenvalue weighted by atomic mass is 10.1. The van der Waals surface area contributed by atoms with Crippen molar-refractivity contribution in [1.29, 1.82) is 0 Å². The Labute approximate surface area is 81.1 Å². The number of nitrogens with one attached hydrogen (secondary N) is 2. The molecular formula is C9H9ClN2O. The molecule has 1 aliphatic heterocycles. The number of carbonyl (C=O) groups excluding carboxylic acids is 1. The summed E-state index contributed by atoms with van der Waals surface area (Å²) in [6.45, 7) is 2.22.